The molecule has 114 valence electrons. The third-order valence-electron chi connectivity index (χ3n) is 3.81. The lowest BCUT2D eigenvalue weighted by Crippen LogP contribution is -2.33. The van der Waals surface area contributed by atoms with E-state index in [1.165, 1.54) is 0 Å². The zero-order chi connectivity index (χ0) is 15.5. The highest BCUT2D eigenvalue weighted by Gasteiger charge is 2.25. The summed E-state index contributed by atoms with van der Waals surface area (Å²) in [6.07, 6.45) is 1.68. The van der Waals surface area contributed by atoms with E-state index in [2.05, 4.69) is 15.6 Å². The van der Waals surface area contributed by atoms with E-state index in [1.807, 2.05) is 44.2 Å². The van der Waals surface area contributed by atoms with Crippen LogP contribution in [0.5, 0.6) is 5.75 Å². The van der Waals surface area contributed by atoms with Crippen LogP contribution in [0.4, 0.5) is 5.69 Å². The van der Waals surface area contributed by atoms with Gasteiger partial charge < -0.3 is 10.1 Å². The molecule has 1 aromatic carbocycles. The molecule has 1 aromatic heterocycles. The van der Waals surface area contributed by atoms with Crippen LogP contribution >= 0.6 is 0 Å². The van der Waals surface area contributed by atoms with Crippen LogP contribution in [-0.2, 0) is 4.79 Å². The molecule has 0 saturated heterocycles. The number of amides is 1. The number of nitrogens with zero attached hydrogens (tertiary/aromatic N) is 1. The van der Waals surface area contributed by atoms with Crippen LogP contribution in [0.25, 0.3) is 0 Å². The fourth-order valence-electron chi connectivity index (χ4n) is 2.48. The van der Waals surface area contributed by atoms with Crippen LogP contribution in [0.3, 0.4) is 0 Å². The maximum Gasteiger partial charge on any atom is 0.246 e. The summed E-state index contributed by atoms with van der Waals surface area (Å²) in [5.41, 5.74) is 3.58. The van der Waals surface area contributed by atoms with Gasteiger partial charge in [-0.05, 0) is 31.5 Å². The Kier molecular flexibility index (Phi) is 4.06. The minimum atomic E-state index is -0.430. The van der Waals surface area contributed by atoms with E-state index in [9.17, 15) is 4.79 Å². The lowest BCUT2D eigenvalue weighted by atomic mass is 10.0. The molecule has 0 spiro atoms. The first-order valence-corrected chi connectivity index (χ1v) is 7.34. The van der Waals surface area contributed by atoms with Crippen molar-refractivity contribution in [2.75, 3.05) is 18.5 Å². The molecule has 1 unspecified atom stereocenters. The summed E-state index contributed by atoms with van der Waals surface area (Å²) >= 11 is 0. The number of anilines is 1. The van der Waals surface area contributed by atoms with Crippen LogP contribution in [0, 0.1) is 13.8 Å². The molecule has 5 nitrogen and oxygen atoms in total. The molecule has 2 heterocycles. The second-order valence-corrected chi connectivity index (χ2v) is 5.39. The summed E-state index contributed by atoms with van der Waals surface area (Å²) in [6.45, 7) is 5.09. The Hall–Kier alpha value is -2.40. The second-order valence-electron chi connectivity index (χ2n) is 5.39. The summed E-state index contributed by atoms with van der Waals surface area (Å²) in [5.74, 6) is 0.647. The lowest BCUT2D eigenvalue weighted by molar-refractivity contribution is -0.118. The van der Waals surface area contributed by atoms with E-state index in [0.717, 1.165) is 22.6 Å². The van der Waals surface area contributed by atoms with Gasteiger partial charge in [0.2, 0.25) is 5.91 Å². The fourth-order valence-corrected chi connectivity index (χ4v) is 2.48. The minimum Gasteiger partial charge on any atom is -0.492 e. The first-order valence-electron chi connectivity index (χ1n) is 7.34. The Morgan fingerprint density at radius 3 is 3.00 bits per heavy atom. The zero-order valence-electron chi connectivity index (χ0n) is 12.7. The monoisotopic (exact) mass is 297 g/mol. The van der Waals surface area contributed by atoms with Gasteiger partial charge in [0.15, 0.2) is 0 Å². The second kappa shape index (κ2) is 6.15. The molecule has 1 amide bonds. The fraction of sp³-hybridized carbons (Fsp3) is 0.294. The number of hydrogen-bond acceptors (Lipinski definition) is 4. The molecule has 1 atom stereocenters. The summed E-state index contributed by atoms with van der Waals surface area (Å²) in [5, 5.41) is 6.16. The number of rotatable bonds is 2. The highest BCUT2D eigenvalue weighted by atomic mass is 16.5. The number of carbonyl (C=O) groups is 1. The topological polar surface area (TPSA) is 63.2 Å². The molecule has 1 aliphatic heterocycles. The number of nitrogens with one attached hydrogen (secondary N) is 2. The third-order valence-corrected chi connectivity index (χ3v) is 3.81. The van der Waals surface area contributed by atoms with Crippen molar-refractivity contribution in [1.29, 1.82) is 0 Å². The third kappa shape index (κ3) is 2.94. The maximum absolute atomic E-state index is 12.6. The van der Waals surface area contributed by atoms with E-state index in [1.54, 1.807) is 6.20 Å². The van der Waals surface area contributed by atoms with Crippen molar-refractivity contribution in [3.8, 4) is 5.75 Å². The molecule has 0 aliphatic carbocycles. The molecule has 22 heavy (non-hydrogen) atoms. The van der Waals surface area contributed by atoms with E-state index in [0.29, 0.717) is 18.8 Å². The van der Waals surface area contributed by atoms with Crippen LogP contribution in [0.2, 0.25) is 0 Å². The lowest BCUT2D eigenvalue weighted by Gasteiger charge is -2.17. The van der Waals surface area contributed by atoms with E-state index < -0.39 is 6.04 Å². The quantitative estimate of drug-likeness (QED) is 0.893. The molecule has 5 heteroatoms. The Morgan fingerprint density at radius 2 is 2.18 bits per heavy atom. The predicted molar refractivity (Wildman–Crippen MR) is 85.0 cm³/mol. The van der Waals surface area contributed by atoms with E-state index >= 15 is 0 Å². The average Bonchev–Trinajstić information content (AvgIpc) is 2.73. The van der Waals surface area contributed by atoms with Crippen LogP contribution < -0.4 is 15.4 Å². The number of pyridine rings is 1. The van der Waals surface area contributed by atoms with Gasteiger partial charge in [0.05, 0.1) is 11.9 Å². The van der Waals surface area contributed by atoms with E-state index in [-0.39, 0.29) is 5.91 Å². The largest absolute Gasteiger partial charge is 0.492 e. The summed E-state index contributed by atoms with van der Waals surface area (Å²) in [4.78, 5) is 16.9. The molecular formula is C17H19N3O2. The van der Waals surface area contributed by atoms with Gasteiger partial charge in [-0.15, -0.1) is 0 Å². The van der Waals surface area contributed by atoms with Crippen LogP contribution in [0.15, 0.2) is 36.5 Å². The number of hydrogen-bond donors (Lipinski definition) is 2. The normalized spacial score (nSPS) is 17.1. The van der Waals surface area contributed by atoms with Gasteiger partial charge in [-0.25, -0.2) is 0 Å². The summed E-state index contributed by atoms with van der Waals surface area (Å²) in [6, 6.07) is 9.12. The predicted octanol–water partition coefficient (Wildman–Crippen LogP) is 2.36. The molecular weight excluding hydrogens is 278 g/mol. The minimum absolute atomic E-state index is 0.108. The number of aromatic nitrogens is 1. The van der Waals surface area contributed by atoms with E-state index in [4.69, 9.17) is 4.74 Å². The van der Waals surface area contributed by atoms with Gasteiger partial charge in [0.25, 0.3) is 0 Å². The first-order chi connectivity index (χ1) is 10.6. The Labute approximate surface area is 129 Å². The molecule has 2 N–H and O–H groups in total. The molecule has 0 saturated carbocycles. The summed E-state index contributed by atoms with van der Waals surface area (Å²) < 4.78 is 5.66. The van der Waals surface area contributed by atoms with Crippen LogP contribution in [0.1, 0.15) is 22.9 Å². The number of aryl methyl sites for hydroxylation is 2. The number of benzene rings is 1. The molecule has 0 fully saturated rings. The zero-order valence-corrected chi connectivity index (χ0v) is 12.7. The van der Waals surface area contributed by atoms with Gasteiger partial charge >= 0.3 is 0 Å². The Bertz CT molecular complexity index is 700. The smallest absolute Gasteiger partial charge is 0.246 e. The van der Waals surface area contributed by atoms with Crippen molar-refractivity contribution in [2.24, 2.45) is 0 Å². The van der Waals surface area contributed by atoms with Crippen molar-refractivity contribution in [3.05, 3.63) is 53.3 Å². The standard InChI is InChI=1S/C17H19N3O2/c1-11-9-13(10-19-12(11)2)20-17(21)16-14-5-3-4-6-15(14)22-8-7-18-16/h3-6,9-10,16,18H,7-8H2,1-2H3,(H,20,21). The molecule has 3 rings (SSSR count). The number of carbonyl (C=O) groups excluding carboxylic acids is 1. The number of para-hydroxylation sites is 1. The summed E-state index contributed by atoms with van der Waals surface area (Å²) in [7, 11) is 0. The molecule has 0 bridgehead atoms. The van der Waals surface area contributed by atoms with Crippen molar-refractivity contribution in [2.45, 2.75) is 19.9 Å². The number of fused-ring (bicyclic) bond motifs is 1. The Morgan fingerprint density at radius 1 is 1.36 bits per heavy atom. The average molecular weight is 297 g/mol. The molecule has 1 aliphatic rings. The first kappa shape index (κ1) is 14.5. The van der Waals surface area contributed by atoms with Crippen molar-refractivity contribution < 1.29 is 9.53 Å². The maximum atomic E-state index is 12.6. The van der Waals surface area contributed by atoms with Gasteiger partial charge in [-0.3, -0.25) is 15.1 Å². The van der Waals surface area contributed by atoms with Gasteiger partial charge in [-0.1, -0.05) is 18.2 Å². The van der Waals surface area contributed by atoms with Gasteiger partial charge in [0.1, 0.15) is 18.4 Å². The highest BCUT2D eigenvalue weighted by Crippen LogP contribution is 2.27. The van der Waals surface area contributed by atoms with Gasteiger partial charge in [-0.2, -0.15) is 0 Å². The molecule has 2 aromatic rings. The number of ether oxygens (including phenoxy) is 1. The SMILES string of the molecule is Cc1cc(NC(=O)C2NCCOc3ccccc32)cnc1C. The van der Waals surface area contributed by atoms with Crippen molar-refractivity contribution in [1.82, 2.24) is 10.3 Å². The van der Waals surface area contributed by atoms with Gasteiger partial charge in [0, 0.05) is 17.8 Å². The molecule has 0 radical (unpaired) electrons. The van der Waals surface area contributed by atoms with Crippen molar-refractivity contribution >= 4 is 11.6 Å². The van der Waals surface area contributed by atoms with Crippen LogP contribution in [-0.4, -0.2) is 24.0 Å². The highest BCUT2D eigenvalue weighted by molar-refractivity contribution is 5.96. The van der Waals surface area contributed by atoms with Crippen molar-refractivity contribution in [3.63, 3.8) is 0 Å². The Balaban J connectivity index is 1.84.